The summed E-state index contributed by atoms with van der Waals surface area (Å²) in [4.78, 5) is 14.4. The van der Waals surface area contributed by atoms with Crippen molar-refractivity contribution < 1.29 is 24.1 Å². The number of aliphatic hydroxyl groups is 1. The van der Waals surface area contributed by atoms with E-state index in [4.69, 9.17) is 19.7 Å². The van der Waals surface area contributed by atoms with Crippen molar-refractivity contribution in [1.82, 2.24) is 0 Å². The molecule has 0 heterocycles. The number of carbonyl (C=O) groups is 1. The average Bonchev–Trinajstić information content (AvgIpc) is 2.59. The van der Waals surface area contributed by atoms with Crippen molar-refractivity contribution in [3.8, 4) is 11.5 Å². The molecule has 1 N–H and O–H groups in total. The van der Waals surface area contributed by atoms with Crippen LogP contribution in [0.4, 0.5) is 0 Å². The highest BCUT2D eigenvalue weighted by molar-refractivity contribution is 5.82. The summed E-state index contributed by atoms with van der Waals surface area (Å²) in [7, 11) is 1.58. The van der Waals surface area contributed by atoms with Crippen LogP contribution in [0.2, 0.25) is 0 Å². The van der Waals surface area contributed by atoms with Crippen LogP contribution in [0.25, 0.3) is 10.4 Å². The summed E-state index contributed by atoms with van der Waals surface area (Å²) in [5.41, 5.74) is 7.81. The number of nitrogens with zero attached hydrogens (tertiary/aromatic N) is 3. The Hall–Kier alpha value is -2.70. The molecular weight excluding hydrogens is 350 g/mol. The van der Waals surface area contributed by atoms with E-state index in [1.54, 1.807) is 58.2 Å². The number of aliphatic hydroxyl groups excluding tert-OH is 1. The van der Waals surface area contributed by atoms with Gasteiger partial charge in [0.2, 0.25) is 0 Å². The molecule has 0 bridgehead atoms. The van der Waals surface area contributed by atoms with Crippen molar-refractivity contribution in [2.45, 2.75) is 51.4 Å². The highest BCUT2D eigenvalue weighted by Gasteiger charge is 2.17. The Balaban J connectivity index is 2.74. The van der Waals surface area contributed by atoms with E-state index in [0.29, 0.717) is 17.9 Å². The third-order valence-corrected chi connectivity index (χ3v) is 3.31. The van der Waals surface area contributed by atoms with Crippen LogP contribution < -0.4 is 9.47 Å². The number of carbonyl (C=O) groups excluding carboxylic acids is 1. The van der Waals surface area contributed by atoms with E-state index in [1.165, 1.54) is 6.08 Å². The van der Waals surface area contributed by atoms with Crippen LogP contribution >= 0.6 is 0 Å². The molecule has 8 nitrogen and oxygen atoms in total. The van der Waals surface area contributed by atoms with Crippen molar-refractivity contribution in [3.63, 3.8) is 0 Å². The van der Waals surface area contributed by atoms with E-state index in [9.17, 15) is 9.90 Å². The fourth-order valence-electron chi connectivity index (χ4n) is 2.20. The molecule has 0 unspecified atom stereocenters. The zero-order chi connectivity index (χ0) is 20.3. The Morgan fingerprint density at radius 2 is 1.93 bits per heavy atom. The summed E-state index contributed by atoms with van der Waals surface area (Å²) in [5.74, 6) is 0.856. The molecule has 0 aromatic heterocycles. The minimum absolute atomic E-state index is 0.0469. The normalized spacial score (nSPS) is 13.5. The zero-order valence-corrected chi connectivity index (χ0v) is 16.2. The Morgan fingerprint density at radius 3 is 2.48 bits per heavy atom. The maximum absolute atomic E-state index is 11.8. The highest BCUT2D eigenvalue weighted by atomic mass is 16.6. The van der Waals surface area contributed by atoms with Crippen LogP contribution in [0.5, 0.6) is 11.5 Å². The number of rotatable bonds is 10. The Bertz CT molecular complexity index is 661. The maximum Gasteiger partial charge on any atom is 0.330 e. The molecule has 0 amide bonds. The Kier molecular flexibility index (Phi) is 9.19. The van der Waals surface area contributed by atoms with Gasteiger partial charge in [-0.3, -0.25) is 0 Å². The third-order valence-electron chi connectivity index (χ3n) is 3.31. The summed E-state index contributed by atoms with van der Waals surface area (Å²) < 4.78 is 16.2. The smallest absolute Gasteiger partial charge is 0.330 e. The number of esters is 1. The lowest BCUT2D eigenvalue weighted by Gasteiger charge is -2.21. The summed E-state index contributed by atoms with van der Waals surface area (Å²) in [6.45, 7) is 5.33. The fraction of sp³-hybridized carbons (Fsp3) is 0.526. The van der Waals surface area contributed by atoms with E-state index in [1.807, 2.05) is 0 Å². The topological polar surface area (TPSA) is 114 Å². The number of azide groups is 1. The molecule has 8 heteroatoms. The lowest BCUT2D eigenvalue weighted by Crippen LogP contribution is -2.25. The first-order valence-electron chi connectivity index (χ1n) is 8.62. The van der Waals surface area contributed by atoms with Crippen molar-refractivity contribution in [1.29, 1.82) is 0 Å². The minimum Gasteiger partial charge on any atom is -0.497 e. The fourth-order valence-corrected chi connectivity index (χ4v) is 2.20. The molecule has 0 aliphatic heterocycles. The predicted octanol–water partition coefficient (Wildman–Crippen LogP) is 3.79. The lowest BCUT2D eigenvalue weighted by molar-refractivity contribution is -0.148. The SMILES string of the molecule is COc1ccc(O[C@@H](C/C=C/C(=O)OC(C)(C)C)C[C@@H](O)CN=[N+]=[N-])cc1. The van der Waals surface area contributed by atoms with Gasteiger partial charge in [0.15, 0.2) is 0 Å². The maximum atomic E-state index is 11.8. The van der Waals surface area contributed by atoms with Crippen LogP contribution in [-0.4, -0.2) is 42.5 Å². The number of hydrogen-bond acceptors (Lipinski definition) is 6. The molecule has 0 spiro atoms. The Labute approximate surface area is 159 Å². The Morgan fingerprint density at radius 1 is 1.30 bits per heavy atom. The van der Waals surface area contributed by atoms with E-state index >= 15 is 0 Å². The van der Waals surface area contributed by atoms with Crippen LogP contribution in [0, 0.1) is 0 Å². The predicted molar refractivity (Wildman–Crippen MR) is 102 cm³/mol. The van der Waals surface area contributed by atoms with Crippen LogP contribution in [0.3, 0.4) is 0 Å². The second-order valence-corrected chi connectivity index (χ2v) is 6.89. The molecule has 0 saturated heterocycles. The molecule has 2 atom stereocenters. The van der Waals surface area contributed by atoms with Gasteiger partial charge in [-0.05, 0) is 50.6 Å². The van der Waals surface area contributed by atoms with E-state index in [-0.39, 0.29) is 13.0 Å². The molecule has 0 radical (unpaired) electrons. The molecule has 1 aromatic rings. The van der Waals surface area contributed by atoms with Crippen molar-refractivity contribution in [2.75, 3.05) is 13.7 Å². The van der Waals surface area contributed by atoms with Gasteiger partial charge in [-0.2, -0.15) is 0 Å². The third kappa shape index (κ3) is 10.1. The number of benzene rings is 1. The first-order chi connectivity index (χ1) is 12.7. The molecule has 27 heavy (non-hydrogen) atoms. The monoisotopic (exact) mass is 377 g/mol. The summed E-state index contributed by atoms with van der Waals surface area (Å²) >= 11 is 0. The highest BCUT2D eigenvalue weighted by Crippen LogP contribution is 2.21. The molecule has 1 aromatic carbocycles. The minimum atomic E-state index is -0.848. The standard InChI is InChI=1S/C19H27N3O5/c1-19(2,3)27-18(24)7-5-6-17(12-14(23)13-21-22-20)26-16-10-8-15(25-4)9-11-16/h5,7-11,14,17,23H,6,12-13H2,1-4H3/b7-5+/t14-,17+/m1/s1. The van der Waals surface area contributed by atoms with E-state index in [0.717, 1.165) is 0 Å². The van der Waals surface area contributed by atoms with Gasteiger partial charge in [0.05, 0.1) is 19.8 Å². The molecule has 0 aliphatic carbocycles. The van der Waals surface area contributed by atoms with Gasteiger partial charge in [0.25, 0.3) is 0 Å². The van der Waals surface area contributed by atoms with Gasteiger partial charge in [-0.15, -0.1) is 0 Å². The van der Waals surface area contributed by atoms with E-state index < -0.39 is 23.8 Å². The molecule has 0 aliphatic rings. The molecule has 0 fully saturated rings. The average molecular weight is 377 g/mol. The lowest BCUT2D eigenvalue weighted by atomic mass is 10.1. The first-order valence-corrected chi connectivity index (χ1v) is 8.62. The second-order valence-electron chi connectivity index (χ2n) is 6.89. The molecule has 1 rings (SSSR count). The van der Waals surface area contributed by atoms with Gasteiger partial charge < -0.3 is 19.3 Å². The molecule has 0 saturated carbocycles. The number of ether oxygens (including phenoxy) is 3. The first kappa shape index (κ1) is 22.3. The second kappa shape index (κ2) is 11.1. The largest absolute Gasteiger partial charge is 0.497 e. The summed E-state index contributed by atoms with van der Waals surface area (Å²) in [5, 5.41) is 13.4. The van der Waals surface area contributed by atoms with Gasteiger partial charge in [-0.25, -0.2) is 4.79 Å². The van der Waals surface area contributed by atoms with Crippen LogP contribution in [-0.2, 0) is 9.53 Å². The number of methoxy groups -OCH3 is 1. The molecular formula is C19H27N3O5. The molecule has 148 valence electrons. The quantitative estimate of drug-likeness (QED) is 0.219. The van der Waals surface area contributed by atoms with Crippen LogP contribution in [0.15, 0.2) is 41.5 Å². The zero-order valence-electron chi connectivity index (χ0n) is 16.2. The number of hydrogen-bond donors (Lipinski definition) is 1. The van der Waals surface area contributed by atoms with Crippen molar-refractivity contribution in [2.24, 2.45) is 5.11 Å². The van der Waals surface area contributed by atoms with Gasteiger partial charge in [0.1, 0.15) is 23.2 Å². The summed E-state index contributed by atoms with van der Waals surface area (Å²) in [6.07, 6.45) is 2.33. The van der Waals surface area contributed by atoms with E-state index in [2.05, 4.69) is 10.0 Å². The van der Waals surface area contributed by atoms with Gasteiger partial charge >= 0.3 is 5.97 Å². The van der Waals surface area contributed by atoms with Gasteiger partial charge in [-0.1, -0.05) is 11.2 Å². The van der Waals surface area contributed by atoms with Crippen molar-refractivity contribution in [3.05, 3.63) is 46.9 Å². The van der Waals surface area contributed by atoms with Gasteiger partial charge in [0, 0.05) is 23.8 Å². The van der Waals surface area contributed by atoms with Crippen molar-refractivity contribution >= 4 is 5.97 Å². The van der Waals surface area contributed by atoms with Crippen LogP contribution in [0.1, 0.15) is 33.6 Å². The summed E-state index contributed by atoms with van der Waals surface area (Å²) in [6, 6.07) is 7.03.